The molecule has 3 nitrogen and oxygen atoms in total. The van der Waals surface area contributed by atoms with Gasteiger partial charge in [0.1, 0.15) is 0 Å². The largest absolute Gasteiger partial charge is 0.458 e. The van der Waals surface area contributed by atoms with Crippen molar-refractivity contribution in [3.05, 3.63) is 34.9 Å². The third-order valence-electron chi connectivity index (χ3n) is 3.08. The average molecular weight is 253 g/mol. The summed E-state index contributed by atoms with van der Waals surface area (Å²) in [5.74, 6) is -0.505. The fourth-order valence-corrected chi connectivity index (χ4v) is 2.29. The molecule has 1 aromatic rings. The molecule has 17 heavy (non-hydrogen) atoms. The minimum atomic E-state index is -0.520. The molecule has 1 aromatic carbocycles. The van der Waals surface area contributed by atoms with Gasteiger partial charge in [0.15, 0.2) is 12.4 Å². The van der Waals surface area contributed by atoms with Gasteiger partial charge in [-0.25, -0.2) is 0 Å². The van der Waals surface area contributed by atoms with Crippen molar-refractivity contribution >= 4 is 23.4 Å². The molecule has 0 bridgehead atoms. The molecule has 1 saturated carbocycles. The van der Waals surface area contributed by atoms with Crippen molar-refractivity contribution in [2.75, 3.05) is 6.61 Å². The number of Topliss-reactive ketones (excluding diaryl/α,β-unsaturated/α-hetero) is 1. The molecule has 0 aliphatic heterocycles. The predicted molar refractivity (Wildman–Crippen MR) is 64.0 cm³/mol. The Bertz CT molecular complexity index is 463. The van der Waals surface area contributed by atoms with E-state index in [1.54, 1.807) is 6.07 Å². The van der Waals surface area contributed by atoms with E-state index in [-0.39, 0.29) is 12.4 Å². The smallest absolute Gasteiger partial charge is 0.303 e. The van der Waals surface area contributed by atoms with Gasteiger partial charge in [-0.15, -0.1) is 0 Å². The predicted octanol–water partition coefficient (Wildman–Crippen LogP) is 2.50. The highest BCUT2D eigenvalue weighted by atomic mass is 35.5. The summed E-state index contributed by atoms with van der Waals surface area (Å²) >= 11 is 6.10. The molecule has 0 radical (unpaired) electrons. The van der Waals surface area contributed by atoms with Gasteiger partial charge in [0.05, 0.1) is 5.41 Å². The van der Waals surface area contributed by atoms with Crippen LogP contribution in [0.3, 0.4) is 0 Å². The summed E-state index contributed by atoms with van der Waals surface area (Å²) in [6.45, 7) is 1.13. The maximum atomic E-state index is 12.0. The van der Waals surface area contributed by atoms with Gasteiger partial charge in [-0.3, -0.25) is 9.59 Å². The van der Waals surface area contributed by atoms with E-state index in [0.29, 0.717) is 5.02 Å². The molecule has 0 amide bonds. The second kappa shape index (κ2) is 4.49. The van der Waals surface area contributed by atoms with Crippen LogP contribution in [0.4, 0.5) is 0 Å². The maximum Gasteiger partial charge on any atom is 0.303 e. The molecular formula is C13H13ClO3. The normalized spacial score (nSPS) is 16.4. The van der Waals surface area contributed by atoms with Gasteiger partial charge in [0.2, 0.25) is 0 Å². The molecule has 1 aliphatic carbocycles. The van der Waals surface area contributed by atoms with Gasteiger partial charge in [-0.05, 0) is 24.5 Å². The first-order chi connectivity index (χ1) is 8.06. The highest BCUT2D eigenvalue weighted by molar-refractivity contribution is 6.32. The molecule has 0 unspecified atom stereocenters. The van der Waals surface area contributed by atoms with Gasteiger partial charge < -0.3 is 4.74 Å². The van der Waals surface area contributed by atoms with Crippen LogP contribution in [-0.2, 0) is 19.7 Å². The number of rotatable bonds is 4. The second-order valence-corrected chi connectivity index (χ2v) is 4.67. The molecule has 1 aliphatic rings. The van der Waals surface area contributed by atoms with Gasteiger partial charge in [-0.1, -0.05) is 29.8 Å². The highest BCUT2D eigenvalue weighted by Gasteiger charge is 2.51. The fraction of sp³-hybridized carbons (Fsp3) is 0.385. The summed E-state index contributed by atoms with van der Waals surface area (Å²) in [5, 5.41) is 0.598. The van der Waals surface area contributed by atoms with Crippen LogP contribution in [-0.4, -0.2) is 18.4 Å². The van der Waals surface area contributed by atoms with E-state index < -0.39 is 11.4 Å². The molecule has 4 heteroatoms. The maximum absolute atomic E-state index is 12.0. The minimum absolute atomic E-state index is 0.0687. The summed E-state index contributed by atoms with van der Waals surface area (Å²) < 4.78 is 4.76. The Morgan fingerprint density at radius 2 is 2.00 bits per heavy atom. The lowest BCUT2D eigenvalue weighted by Crippen LogP contribution is -2.26. The zero-order valence-corrected chi connectivity index (χ0v) is 10.3. The van der Waals surface area contributed by atoms with E-state index in [0.717, 1.165) is 18.4 Å². The number of hydrogen-bond donors (Lipinski definition) is 0. The molecule has 0 aromatic heterocycles. The number of carbonyl (C=O) groups excluding carboxylic acids is 2. The standard InChI is InChI=1S/C13H13ClO3/c1-9(15)17-8-12(16)13(6-7-13)10-4-2-3-5-11(10)14/h2-5H,6-8H2,1H3. The lowest BCUT2D eigenvalue weighted by Gasteiger charge is -2.15. The van der Waals surface area contributed by atoms with Gasteiger partial charge in [-0.2, -0.15) is 0 Å². The highest BCUT2D eigenvalue weighted by Crippen LogP contribution is 2.51. The van der Waals surface area contributed by atoms with E-state index >= 15 is 0 Å². The molecule has 0 heterocycles. The van der Waals surface area contributed by atoms with Crippen LogP contribution in [0.15, 0.2) is 24.3 Å². The molecule has 1 fully saturated rings. The first kappa shape index (κ1) is 12.1. The van der Waals surface area contributed by atoms with Crippen molar-refractivity contribution < 1.29 is 14.3 Å². The minimum Gasteiger partial charge on any atom is -0.458 e. The zero-order chi connectivity index (χ0) is 12.5. The van der Waals surface area contributed by atoms with Crippen molar-refractivity contribution in [2.24, 2.45) is 0 Å². The van der Waals surface area contributed by atoms with Crippen LogP contribution >= 0.6 is 11.6 Å². The first-order valence-electron chi connectivity index (χ1n) is 5.48. The summed E-state index contributed by atoms with van der Waals surface area (Å²) in [4.78, 5) is 22.7. The Morgan fingerprint density at radius 3 is 2.53 bits per heavy atom. The monoisotopic (exact) mass is 252 g/mol. The molecule has 90 valence electrons. The van der Waals surface area contributed by atoms with Crippen LogP contribution in [0.25, 0.3) is 0 Å². The van der Waals surface area contributed by atoms with Crippen LogP contribution in [0, 0.1) is 0 Å². The number of ketones is 1. The van der Waals surface area contributed by atoms with Crippen molar-refractivity contribution in [3.8, 4) is 0 Å². The van der Waals surface area contributed by atoms with Gasteiger partial charge in [0, 0.05) is 11.9 Å². The number of ether oxygens (including phenoxy) is 1. The fourth-order valence-electron chi connectivity index (χ4n) is 1.98. The molecule has 0 N–H and O–H groups in total. The van der Waals surface area contributed by atoms with Crippen molar-refractivity contribution in [1.82, 2.24) is 0 Å². The summed E-state index contributed by atoms with van der Waals surface area (Å²) in [6, 6.07) is 7.33. The van der Waals surface area contributed by atoms with E-state index in [1.807, 2.05) is 18.2 Å². The van der Waals surface area contributed by atoms with Gasteiger partial charge in [0.25, 0.3) is 0 Å². The molecule has 0 saturated heterocycles. The number of esters is 1. The molecule has 2 rings (SSSR count). The number of benzene rings is 1. The SMILES string of the molecule is CC(=O)OCC(=O)C1(c2ccccc2Cl)CC1. The van der Waals surface area contributed by atoms with E-state index in [4.69, 9.17) is 16.3 Å². The summed E-state index contributed by atoms with van der Waals surface area (Å²) in [7, 11) is 0. The van der Waals surface area contributed by atoms with Crippen LogP contribution in [0.5, 0.6) is 0 Å². The Kier molecular flexibility index (Phi) is 3.20. The number of hydrogen-bond acceptors (Lipinski definition) is 3. The Morgan fingerprint density at radius 1 is 1.35 bits per heavy atom. The molecular weight excluding hydrogens is 240 g/mol. The average Bonchev–Trinajstić information content (AvgIpc) is 3.07. The lowest BCUT2D eigenvalue weighted by molar-refractivity contribution is -0.146. The van der Waals surface area contributed by atoms with Crippen molar-refractivity contribution in [1.29, 1.82) is 0 Å². The zero-order valence-electron chi connectivity index (χ0n) is 9.53. The van der Waals surface area contributed by atoms with Crippen molar-refractivity contribution in [3.63, 3.8) is 0 Å². The third kappa shape index (κ3) is 2.34. The van der Waals surface area contributed by atoms with E-state index in [2.05, 4.69) is 0 Å². The lowest BCUT2D eigenvalue weighted by atomic mass is 9.91. The van der Waals surface area contributed by atoms with E-state index in [1.165, 1.54) is 6.92 Å². The number of carbonyl (C=O) groups is 2. The topological polar surface area (TPSA) is 43.4 Å². The quantitative estimate of drug-likeness (QED) is 0.774. The Balaban J connectivity index is 2.17. The molecule has 0 atom stereocenters. The molecule has 0 spiro atoms. The van der Waals surface area contributed by atoms with Crippen LogP contribution < -0.4 is 0 Å². The van der Waals surface area contributed by atoms with Crippen LogP contribution in [0.2, 0.25) is 5.02 Å². The van der Waals surface area contributed by atoms with E-state index in [9.17, 15) is 9.59 Å². The van der Waals surface area contributed by atoms with Crippen LogP contribution in [0.1, 0.15) is 25.3 Å². The summed E-state index contributed by atoms with van der Waals surface area (Å²) in [6.07, 6.45) is 1.55. The number of halogens is 1. The second-order valence-electron chi connectivity index (χ2n) is 4.27. The van der Waals surface area contributed by atoms with Gasteiger partial charge >= 0.3 is 5.97 Å². The Labute approximate surface area is 105 Å². The van der Waals surface area contributed by atoms with Crippen molar-refractivity contribution in [2.45, 2.75) is 25.2 Å². The Hall–Kier alpha value is -1.35. The third-order valence-corrected chi connectivity index (χ3v) is 3.41. The summed E-state index contributed by atoms with van der Waals surface area (Å²) in [5.41, 5.74) is 0.326. The first-order valence-corrected chi connectivity index (χ1v) is 5.86.